The first-order valence-electron chi connectivity index (χ1n) is 9.32. The molecule has 3 aromatic rings. The zero-order valence-corrected chi connectivity index (χ0v) is 15.9. The summed E-state index contributed by atoms with van der Waals surface area (Å²) >= 11 is 0. The molecule has 0 aliphatic heterocycles. The van der Waals surface area contributed by atoms with Crippen LogP contribution in [0.3, 0.4) is 0 Å². The fourth-order valence-electron chi connectivity index (χ4n) is 3.09. The van der Waals surface area contributed by atoms with Crippen LogP contribution in [0.4, 0.5) is 0 Å². The van der Waals surface area contributed by atoms with Crippen molar-refractivity contribution in [2.45, 2.75) is 32.7 Å². The number of hydrogen-bond donors (Lipinski definition) is 2. The molecule has 28 heavy (non-hydrogen) atoms. The fourth-order valence-corrected chi connectivity index (χ4v) is 3.09. The van der Waals surface area contributed by atoms with E-state index in [9.17, 15) is 9.59 Å². The van der Waals surface area contributed by atoms with Gasteiger partial charge in [-0.1, -0.05) is 49.4 Å². The van der Waals surface area contributed by atoms with Gasteiger partial charge in [0.25, 0.3) is 0 Å². The summed E-state index contributed by atoms with van der Waals surface area (Å²) < 4.78 is 1.97. The van der Waals surface area contributed by atoms with Crippen molar-refractivity contribution in [1.29, 1.82) is 0 Å². The molecular formula is C22H24N4O2. The fraction of sp³-hybridized carbons (Fsp3) is 0.227. The van der Waals surface area contributed by atoms with Gasteiger partial charge >= 0.3 is 0 Å². The summed E-state index contributed by atoms with van der Waals surface area (Å²) in [5.41, 5.74) is 11.9. The summed E-state index contributed by atoms with van der Waals surface area (Å²) in [6, 6.07) is 15.8. The molecule has 2 aromatic carbocycles. The van der Waals surface area contributed by atoms with E-state index in [1.165, 1.54) is 5.56 Å². The highest BCUT2D eigenvalue weighted by molar-refractivity contribution is 5.99. The number of carbonyl (C=O) groups is 2. The summed E-state index contributed by atoms with van der Waals surface area (Å²) in [5, 5.41) is 5.10. The number of hydrazone groups is 1. The number of nitrogens with two attached hydrogens (primary N) is 1. The van der Waals surface area contributed by atoms with Crippen LogP contribution in [-0.2, 0) is 29.0 Å². The number of hydrogen-bond acceptors (Lipinski definition) is 3. The van der Waals surface area contributed by atoms with Crippen LogP contribution >= 0.6 is 0 Å². The predicted octanol–water partition coefficient (Wildman–Crippen LogP) is 2.77. The van der Waals surface area contributed by atoms with Crippen molar-refractivity contribution in [2.75, 3.05) is 0 Å². The number of fused-ring (bicyclic) bond motifs is 1. The largest absolute Gasteiger partial charge is 0.370 e. The van der Waals surface area contributed by atoms with E-state index in [1.807, 2.05) is 59.3 Å². The zero-order chi connectivity index (χ0) is 19.9. The average Bonchev–Trinajstić information content (AvgIpc) is 3.05. The Morgan fingerprint density at radius 1 is 1.11 bits per heavy atom. The topological polar surface area (TPSA) is 89.5 Å². The van der Waals surface area contributed by atoms with Gasteiger partial charge in [0.05, 0.1) is 12.6 Å². The van der Waals surface area contributed by atoms with Gasteiger partial charge in [0.1, 0.15) is 0 Å². The molecule has 1 aromatic heterocycles. The van der Waals surface area contributed by atoms with Crippen LogP contribution in [0.1, 0.15) is 30.0 Å². The summed E-state index contributed by atoms with van der Waals surface area (Å²) in [5.74, 6) is -0.509. The standard InChI is InChI=1S/C22H24N4O2/c1-2-16-7-9-17(10-8-16)13-22(28)25-24-14-18-15-26(12-11-21(23)27)20-6-4-3-5-19(18)20/h3-10,14-15H,2,11-13H2,1H3,(H2,23,27)(H,25,28)/b24-14-. The zero-order valence-electron chi connectivity index (χ0n) is 15.9. The summed E-state index contributed by atoms with van der Waals surface area (Å²) in [6.07, 6.45) is 5.06. The minimum atomic E-state index is -0.341. The third kappa shape index (κ3) is 4.85. The lowest BCUT2D eigenvalue weighted by atomic mass is 10.1. The quantitative estimate of drug-likeness (QED) is 0.468. The van der Waals surface area contributed by atoms with E-state index >= 15 is 0 Å². The number of nitrogens with one attached hydrogen (secondary N) is 1. The van der Waals surface area contributed by atoms with Gasteiger partial charge in [-0.2, -0.15) is 5.10 Å². The summed E-state index contributed by atoms with van der Waals surface area (Å²) in [7, 11) is 0. The molecular weight excluding hydrogens is 352 g/mol. The monoisotopic (exact) mass is 376 g/mol. The van der Waals surface area contributed by atoms with Crippen molar-refractivity contribution < 1.29 is 9.59 Å². The van der Waals surface area contributed by atoms with Crippen LogP contribution in [0, 0.1) is 0 Å². The number of benzene rings is 2. The third-order valence-corrected chi connectivity index (χ3v) is 4.61. The number of carbonyl (C=O) groups excluding carboxylic acids is 2. The average molecular weight is 376 g/mol. The lowest BCUT2D eigenvalue weighted by Crippen LogP contribution is -2.19. The Bertz CT molecular complexity index is 1000. The molecule has 6 heteroatoms. The molecule has 1 heterocycles. The SMILES string of the molecule is CCc1ccc(CC(=O)N/N=C\c2cn(CCC(N)=O)c3ccccc23)cc1. The maximum atomic E-state index is 12.1. The highest BCUT2D eigenvalue weighted by Crippen LogP contribution is 2.20. The molecule has 2 amide bonds. The Morgan fingerprint density at radius 2 is 1.82 bits per heavy atom. The van der Waals surface area contributed by atoms with Crippen molar-refractivity contribution in [3.8, 4) is 0 Å². The summed E-state index contributed by atoms with van der Waals surface area (Å²) in [6.45, 7) is 2.60. The molecule has 6 nitrogen and oxygen atoms in total. The van der Waals surface area contributed by atoms with Gasteiger partial charge < -0.3 is 10.3 Å². The molecule has 0 spiro atoms. The molecule has 3 N–H and O–H groups in total. The molecule has 0 saturated carbocycles. The predicted molar refractivity (Wildman–Crippen MR) is 111 cm³/mol. The van der Waals surface area contributed by atoms with Gasteiger partial charge in [-0.15, -0.1) is 0 Å². The van der Waals surface area contributed by atoms with Crippen LogP contribution in [0.25, 0.3) is 10.9 Å². The molecule has 3 rings (SSSR count). The highest BCUT2D eigenvalue weighted by atomic mass is 16.2. The van der Waals surface area contributed by atoms with Crippen molar-refractivity contribution in [1.82, 2.24) is 9.99 Å². The van der Waals surface area contributed by atoms with Crippen molar-refractivity contribution in [2.24, 2.45) is 10.8 Å². The van der Waals surface area contributed by atoms with Gasteiger partial charge in [-0.3, -0.25) is 9.59 Å². The maximum absolute atomic E-state index is 12.1. The van der Waals surface area contributed by atoms with Crippen molar-refractivity contribution in [3.63, 3.8) is 0 Å². The Labute approximate surface area is 164 Å². The first-order valence-corrected chi connectivity index (χ1v) is 9.32. The number of amides is 2. The molecule has 0 saturated heterocycles. The van der Waals surface area contributed by atoms with Gasteiger partial charge in [-0.25, -0.2) is 5.43 Å². The first kappa shape index (κ1) is 19.4. The van der Waals surface area contributed by atoms with Gasteiger partial charge in [0, 0.05) is 35.6 Å². The Balaban J connectivity index is 1.67. The molecule has 0 unspecified atom stereocenters. The van der Waals surface area contributed by atoms with E-state index in [2.05, 4.69) is 17.5 Å². The van der Waals surface area contributed by atoms with Crippen LogP contribution < -0.4 is 11.2 Å². The van der Waals surface area contributed by atoms with Crippen LogP contribution in [0.2, 0.25) is 0 Å². The van der Waals surface area contributed by atoms with E-state index in [4.69, 9.17) is 5.73 Å². The Hall–Kier alpha value is -3.41. The molecule has 0 aliphatic rings. The number of aryl methyl sites for hydroxylation is 2. The van der Waals surface area contributed by atoms with E-state index < -0.39 is 0 Å². The van der Waals surface area contributed by atoms with Crippen molar-refractivity contribution >= 4 is 28.9 Å². The highest BCUT2D eigenvalue weighted by Gasteiger charge is 2.08. The molecule has 0 bridgehead atoms. The van der Waals surface area contributed by atoms with Gasteiger partial charge in [0.2, 0.25) is 11.8 Å². The minimum absolute atomic E-state index is 0.169. The second kappa shape index (κ2) is 8.99. The number of rotatable bonds is 8. The number of nitrogens with zero attached hydrogens (tertiary/aromatic N) is 2. The number of para-hydroxylation sites is 1. The smallest absolute Gasteiger partial charge is 0.244 e. The van der Waals surface area contributed by atoms with E-state index in [0.717, 1.165) is 28.5 Å². The van der Waals surface area contributed by atoms with E-state index in [0.29, 0.717) is 6.54 Å². The Kier molecular flexibility index (Phi) is 6.22. The molecule has 0 fully saturated rings. The second-order valence-corrected chi connectivity index (χ2v) is 6.65. The molecule has 0 atom stereocenters. The molecule has 144 valence electrons. The van der Waals surface area contributed by atoms with Crippen LogP contribution in [0.5, 0.6) is 0 Å². The minimum Gasteiger partial charge on any atom is -0.370 e. The van der Waals surface area contributed by atoms with E-state index in [1.54, 1.807) is 6.21 Å². The molecule has 0 radical (unpaired) electrons. The third-order valence-electron chi connectivity index (χ3n) is 4.61. The first-order chi connectivity index (χ1) is 13.6. The normalized spacial score (nSPS) is 11.2. The Morgan fingerprint density at radius 3 is 2.54 bits per heavy atom. The van der Waals surface area contributed by atoms with Gasteiger partial charge in [0.15, 0.2) is 0 Å². The van der Waals surface area contributed by atoms with Crippen molar-refractivity contribution in [3.05, 3.63) is 71.4 Å². The van der Waals surface area contributed by atoms with Crippen LogP contribution in [-0.4, -0.2) is 22.6 Å². The number of aromatic nitrogens is 1. The van der Waals surface area contributed by atoms with Crippen LogP contribution in [0.15, 0.2) is 59.8 Å². The molecule has 0 aliphatic carbocycles. The number of primary amides is 1. The van der Waals surface area contributed by atoms with E-state index in [-0.39, 0.29) is 24.7 Å². The lowest BCUT2D eigenvalue weighted by molar-refractivity contribution is -0.120. The lowest BCUT2D eigenvalue weighted by Gasteiger charge is -2.02. The second-order valence-electron chi connectivity index (χ2n) is 6.65. The summed E-state index contributed by atoms with van der Waals surface area (Å²) in [4.78, 5) is 23.2. The maximum Gasteiger partial charge on any atom is 0.244 e. The van der Waals surface area contributed by atoms with Gasteiger partial charge in [-0.05, 0) is 23.6 Å².